The number of rotatable bonds is 4. The summed E-state index contributed by atoms with van der Waals surface area (Å²) in [5.41, 5.74) is 6.48. The van der Waals surface area contributed by atoms with Crippen molar-refractivity contribution in [1.82, 2.24) is 19.9 Å². The fourth-order valence-corrected chi connectivity index (χ4v) is 6.11. The third kappa shape index (κ3) is 4.41. The van der Waals surface area contributed by atoms with Crippen LogP contribution in [-0.2, 0) is 0 Å². The highest BCUT2D eigenvalue weighted by molar-refractivity contribution is 6.15. The van der Waals surface area contributed by atoms with Crippen LogP contribution in [0.5, 0.6) is 0 Å². The second-order valence-corrected chi connectivity index (χ2v) is 11.2. The maximum atomic E-state index is 6.26. The molecule has 45 heavy (non-hydrogen) atoms. The van der Waals surface area contributed by atoms with Gasteiger partial charge in [0, 0.05) is 39.2 Å². The Morgan fingerprint density at radius 3 is 1.69 bits per heavy atom. The first-order valence-electron chi connectivity index (χ1n) is 14.9. The van der Waals surface area contributed by atoms with Gasteiger partial charge in [0.1, 0.15) is 5.58 Å². The zero-order chi connectivity index (χ0) is 29.7. The molecule has 0 spiro atoms. The van der Waals surface area contributed by atoms with E-state index in [-0.39, 0.29) is 0 Å². The van der Waals surface area contributed by atoms with Gasteiger partial charge in [-0.2, -0.15) is 0 Å². The van der Waals surface area contributed by atoms with Crippen molar-refractivity contribution in [3.63, 3.8) is 0 Å². The van der Waals surface area contributed by atoms with Gasteiger partial charge in [-0.3, -0.25) is 4.98 Å². The quantitative estimate of drug-likeness (QED) is 0.209. The molecule has 0 N–H and O–H groups in total. The number of pyridine rings is 1. The van der Waals surface area contributed by atoms with E-state index in [9.17, 15) is 0 Å². The molecule has 5 heteroatoms. The van der Waals surface area contributed by atoms with Crippen LogP contribution in [0.1, 0.15) is 0 Å². The molecule has 0 radical (unpaired) electrons. The van der Waals surface area contributed by atoms with Crippen molar-refractivity contribution in [2.75, 3.05) is 0 Å². The average Bonchev–Trinajstić information content (AvgIpc) is 3.48. The molecule has 3 heterocycles. The van der Waals surface area contributed by atoms with E-state index in [0.29, 0.717) is 17.5 Å². The molecule has 0 amide bonds. The van der Waals surface area contributed by atoms with Gasteiger partial charge in [-0.25, -0.2) is 15.0 Å². The number of hydrogen-bond donors (Lipinski definition) is 0. The van der Waals surface area contributed by atoms with Crippen molar-refractivity contribution in [2.24, 2.45) is 0 Å². The molecule has 9 aromatic rings. The first-order chi connectivity index (χ1) is 22.3. The molecule has 5 nitrogen and oxygen atoms in total. The predicted octanol–water partition coefficient (Wildman–Crippen LogP) is 10.1. The summed E-state index contributed by atoms with van der Waals surface area (Å²) in [5, 5.41) is 6.79. The summed E-state index contributed by atoms with van der Waals surface area (Å²) in [5.74, 6) is 1.90. The van der Waals surface area contributed by atoms with Gasteiger partial charge < -0.3 is 4.42 Å². The third-order valence-electron chi connectivity index (χ3n) is 8.38. The molecule has 0 bridgehead atoms. The van der Waals surface area contributed by atoms with Gasteiger partial charge in [0.05, 0.1) is 6.20 Å². The minimum atomic E-state index is 0.620. The van der Waals surface area contributed by atoms with E-state index in [0.717, 1.165) is 60.5 Å². The van der Waals surface area contributed by atoms with Crippen LogP contribution < -0.4 is 0 Å². The van der Waals surface area contributed by atoms with Crippen molar-refractivity contribution in [2.45, 2.75) is 0 Å². The van der Waals surface area contributed by atoms with Crippen LogP contribution in [0.2, 0.25) is 0 Å². The van der Waals surface area contributed by atoms with Crippen LogP contribution >= 0.6 is 0 Å². The normalized spacial score (nSPS) is 11.6. The first-order valence-corrected chi connectivity index (χ1v) is 14.9. The van der Waals surface area contributed by atoms with Crippen molar-refractivity contribution in [3.8, 4) is 45.3 Å². The molecule has 6 aromatic carbocycles. The van der Waals surface area contributed by atoms with Gasteiger partial charge in [-0.05, 0) is 45.3 Å². The van der Waals surface area contributed by atoms with Crippen LogP contribution in [0, 0.1) is 0 Å². The maximum Gasteiger partial charge on any atom is 0.164 e. The molecule has 0 saturated heterocycles. The predicted molar refractivity (Wildman–Crippen MR) is 182 cm³/mol. The van der Waals surface area contributed by atoms with Gasteiger partial charge in [0.25, 0.3) is 0 Å². The minimum Gasteiger partial charge on any atom is -0.454 e. The van der Waals surface area contributed by atoms with E-state index in [4.69, 9.17) is 19.4 Å². The molecule has 0 unspecified atom stereocenters. The average molecular weight is 577 g/mol. The highest BCUT2D eigenvalue weighted by atomic mass is 16.3. The van der Waals surface area contributed by atoms with Crippen molar-refractivity contribution in [1.29, 1.82) is 0 Å². The Labute approximate surface area is 258 Å². The van der Waals surface area contributed by atoms with E-state index in [1.165, 1.54) is 10.8 Å². The number of benzene rings is 6. The molecule has 9 rings (SSSR count). The maximum absolute atomic E-state index is 6.26. The van der Waals surface area contributed by atoms with Crippen LogP contribution in [0.3, 0.4) is 0 Å². The van der Waals surface area contributed by atoms with Gasteiger partial charge in [-0.15, -0.1) is 0 Å². The van der Waals surface area contributed by atoms with Gasteiger partial charge in [0.15, 0.2) is 23.1 Å². The lowest BCUT2D eigenvalue weighted by Gasteiger charge is -2.10. The van der Waals surface area contributed by atoms with E-state index in [1.54, 1.807) is 6.20 Å². The minimum absolute atomic E-state index is 0.620. The van der Waals surface area contributed by atoms with E-state index in [2.05, 4.69) is 89.9 Å². The molecule has 0 aliphatic carbocycles. The highest BCUT2D eigenvalue weighted by Crippen LogP contribution is 2.38. The summed E-state index contributed by atoms with van der Waals surface area (Å²) in [7, 11) is 0. The van der Waals surface area contributed by atoms with Crippen LogP contribution in [0.15, 0.2) is 150 Å². The van der Waals surface area contributed by atoms with Crippen LogP contribution in [0.4, 0.5) is 0 Å². The summed E-state index contributed by atoms with van der Waals surface area (Å²) in [4.78, 5) is 19.3. The second-order valence-electron chi connectivity index (χ2n) is 11.2. The Morgan fingerprint density at radius 1 is 0.400 bits per heavy atom. The SMILES string of the molecule is c1ccc(-c2nc(-c3ccc(-c4cncc5oc6cc7ccccc7cc6c45)cc3)nc(-c3ccc4ccccc4c3)n2)cc1. The number of fused-ring (bicyclic) bond motifs is 5. The lowest BCUT2D eigenvalue weighted by atomic mass is 9.99. The van der Waals surface area contributed by atoms with Gasteiger partial charge in [-0.1, -0.05) is 115 Å². The van der Waals surface area contributed by atoms with Gasteiger partial charge >= 0.3 is 0 Å². The zero-order valence-corrected chi connectivity index (χ0v) is 24.1. The number of hydrogen-bond acceptors (Lipinski definition) is 5. The fraction of sp³-hybridized carbons (Fsp3) is 0. The molecule has 0 aliphatic heterocycles. The molecule has 3 aromatic heterocycles. The summed E-state index contributed by atoms with van der Waals surface area (Å²) in [6.45, 7) is 0. The van der Waals surface area contributed by atoms with E-state index in [1.807, 2.05) is 54.7 Å². The first kappa shape index (κ1) is 25.3. The molecule has 0 aliphatic rings. The highest BCUT2D eigenvalue weighted by Gasteiger charge is 2.16. The number of aromatic nitrogens is 4. The van der Waals surface area contributed by atoms with Crippen LogP contribution in [-0.4, -0.2) is 19.9 Å². The smallest absolute Gasteiger partial charge is 0.164 e. The molecule has 0 fully saturated rings. The lowest BCUT2D eigenvalue weighted by molar-refractivity contribution is 0.667. The molecule has 0 saturated carbocycles. The Bertz CT molecular complexity index is 2540. The number of furan rings is 1. The summed E-state index contributed by atoms with van der Waals surface area (Å²) < 4.78 is 6.26. The lowest BCUT2D eigenvalue weighted by Crippen LogP contribution is -2.00. The van der Waals surface area contributed by atoms with Crippen molar-refractivity contribution >= 4 is 43.5 Å². The van der Waals surface area contributed by atoms with Crippen molar-refractivity contribution < 1.29 is 4.42 Å². The molecular weight excluding hydrogens is 552 g/mol. The second kappa shape index (κ2) is 10.2. The zero-order valence-electron chi connectivity index (χ0n) is 24.1. The topological polar surface area (TPSA) is 64.7 Å². The Balaban J connectivity index is 1.17. The van der Waals surface area contributed by atoms with Crippen molar-refractivity contribution in [3.05, 3.63) is 146 Å². The Morgan fingerprint density at radius 2 is 0.956 bits per heavy atom. The van der Waals surface area contributed by atoms with Crippen LogP contribution in [0.25, 0.3) is 88.8 Å². The standard InChI is InChI=1S/C40H24N4O/c1-2-9-27(10-3-1)38-42-39(44-40(43-38)32-19-14-25-8-4-5-11-29(25)20-32)28-17-15-26(16-18-28)34-23-41-24-36-37(34)33-21-30-12-6-7-13-31(30)22-35(33)45-36/h1-24H. The Hall–Kier alpha value is -6.20. The molecular formula is C40H24N4O. The third-order valence-corrected chi connectivity index (χ3v) is 8.38. The summed E-state index contributed by atoms with van der Waals surface area (Å²) in [6, 6.07) is 45.7. The van der Waals surface area contributed by atoms with E-state index >= 15 is 0 Å². The largest absolute Gasteiger partial charge is 0.454 e. The summed E-state index contributed by atoms with van der Waals surface area (Å²) >= 11 is 0. The summed E-state index contributed by atoms with van der Waals surface area (Å²) in [6.07, 6.45) is 3.71. The van der Waals surface area contributed by atoms with E-state index < -0.39 is 0 Å². The monoisotopic (exact) mass is 576 g/mol. The fourth-order valence-electron chi connectivity index (χ4n) is 6.11. The molecule has 0 atom stereocenters. The molecule has 210 valence electrons. The number of nitrogens with zero attached hydrogens (tertiary/aromatic N) is 4. The van der Waals surface area contributed by atoms with Gasteiger partial charge in [0.2, 0.25) is 0 Å². The Kier molecular flexibility index (Phi) is 5.74.